The van der Waals surface area contributed by atoms with Crippen molar-refractivity contribution >= 4 is 37.2 Å². The molecular formula is C28H26N3O5P. The number of para-hydroxylation sites is 1. The van der Waals surface area contributed by atoms with Crippen LogP contribution in [0, 0.1) is 13.8 Å². The van der Waals surface area contributed by atoms with Crippen LogP contribution in [-0.2, 0) is 15.9 Å². The first kappa shape index (κ1) is 24.9. The van der Waals surface area contributed by atoms with Crippen LogP contribution in [0.3, 0.4) is 0 Å². The van der Waals surface area contributed by atoms with Gasteiger partial charge in [-0.2, -0.15) is 0 Å². The van der Waals surface area contributed by atoms with Crippen LogP contribution >= 0.6 is 8.60 Å². The number of ether oxygens (including phenoxy) is 1. The van der Waals surface area contributed by atoms with Gasteiger partial charge in [0.1, 0.15) is 11.5 Å². The molecule has 1 aliphatic rings. The second-order valence-corrected chi connectivity index (χ2v) is 9.46. The van der Waals surface area contributed by atoms with Gasteiger partial charge in [0.2, 0.25) is 0 Å². The summed E-state index contributed by atoms with van der Waals surface area (Å²) in [4.78, 5) is 40.6. The third-order valence-electron chi connectivity index (χ3n) is 6.21. The average molecular weight is 516 g/mol. The number of rotatable bonds is 7. The number of methoxy groups -OCH3 is 1. The lowest BCUT2D eigenvalue weighted by atomic mass is 10.1. The fourth-order valence-corrected chi connectivity index (χ4v) is 4.77. The van der Waals surface area contributed by atoms with Crippen molar-refractivity contribution in [2.24, 2.45) is 4.99 Å². The number of aryl methyl sites for hydroxylation is 2. The Morgan fingerprint density at radius 1 is 1.11 bits per heavy atom. The first-order valence-corrected chi connectivity index (χ1v) is 12.8. The van der Waals surface area contributed by atoms with Gasteiger partial charge in [0.25, 0.3) is 5.91 Å². The fraction of sp³-hybridized carbons (Fsp3) is 0.143. The normalized spacial score (nSPS) is 14.5. The molecule has 0 amide bonds. The molecule has 0 radical (unpaired) electrons. The molecular weight excluding hydrogens is 489 g/mol. The minimum atomic E-state index is -2.54. The van der Waals surface area contributed by atoms with E-state index in [1.54, 1.807) is 35.9 Å². The summed E-state index contributed by atoms with van der Waals surface area (Å²) in [6, 6.07) is 18.6. The molecule has 188 valence electrons. The molecule has 0 spiro atoms. The topological polar surface area (TPSA) is 109 Å². The van der Waals surface area contributed by atoms with E-state index in [0.29, 0.717) is 34.0 Å². The highest BCUT2D eigenvalue weighted by molar-refractivity contribution is 7.39. The number of fused-ring (bicyclic) bond motifs is 1. The van der Waals surface area contributed by atoms with Crippen LogP contribution in [0.5, 0.6) is 0 Å². The average Bonchev–Trinajstić information content (AvgIpc) is 3.56. The fourth-order valence-electron chi connectivity index (χ4n) is 4.51. The van der Waals surface area contributed by atoms with Crippen molar-refractivity contribution in [3.8, 4) is 0 Å². The number of carbonyl (C=O) groups is 1. The number of aromatic nitrogens is 2. The molecule has 3 N–H and O–H groups in total. The van der Waals surface area contributed by atoms with Crippen LogP contribution < -0.4 is 0 Å². The third-order valence-corrected chi connectivity index (χ3v) is 6.57. The molecule has 0 aliphatic carbocycles. The van der Waals surface area contributed by atoms with Gasteiger partial charge in [-0.3, -0.25) is 9.36 Å². The number of nitrogens with one attached hydrogen (secondary N) is 1. The molecule has 0 saturated carbocycles. The van der Waals surface area contributed by atoms with E-state index in [4.69, 9.17) is 14.3 Å². The number of carbonyl (C=O) groups excluding carboxylic acids is 1. The summed E-state index contributed by atoms with van der Waals surface area (Å²) >= 11 is 0. The quantitative estimate of drug-likeness (QED) is 0.287. The monoisotopic (exact) mass is 515 g/mol. The highest BCUT2D eigenvalue weighted by atomic mass is 31.2. The first-order chi connectivity index (χ1) is 17.9. The first-order valence-electron chi connectivity index (χ1n) is 11.6. The Bertz CT molecular complexity index is 1590. The number of aliphatic imine (C=N–C) groups is 1. The van der Waals surface area contributed by atoms with Crippen molar-refractivity contribution in [1.29, 1.82) is 0 Å². The lowest BCUT2D eigenvalue weighted by Crippen LogP contribution is -2.19. The molecule has 9 heteroatoms. The van der Waals surface area contributed by atoms with E-state index in [1.807, 2.05) is 56.3 Å². The molecule has 0 fully saturated rings. The largest absolute Gasteiger partial charge is 0.494 e. The lowest BCUT2D eigenvalue weighted by molar-refractivity contribution is 0.0961. The zero-order chi connectivity index (χ0) is 26.1. The summed E-state index contributed by atoms with van der Waals surface area (Å²) in [7, 11) is -0.948. The number of aromatic amines is 1. The van der Waals surface area contributed by atoms with Gasteiger partial charge in [-0.1, -0.05) is 36.4 Å². The van der Waals surface area contributed by atoms with E-state index in [0.717, 1.165) is 27.9 Å². The predicted molar refractivity (Wildman–Crippen MR) is 144 cm³/mol. The standard InChI is InChI=1S/C28H26N3O5P/c1-17-12-18(2)29-22(17)14-24-27(35-3)15-23(30-24)26-13-19-8-5-7-11-25(19)31(26)28(32)21-10-6-4-9-20(21)16-36-37(33)34/h4-15,29,33-34H,16H2,1-3H3/b24-14+. The van der Waals surface area contributed by atoms with Gasteiger partial charge >= 0.3 is 8.60 Å². The van der Waals surface area contributed by atoms with E-state index in [2.05, 4.69) is 11.1 Å². The van der Waals surface area contributed by atoms with Gasteiger partial charge in [-0.25, -0.2) is 4.99 Å². The maximum Gasteiger partial charge on any atom is 0.327 e. The van der Waals surface area contributed by atoms with Crippen LogP contribution in [0.15, 0.2) is 83.2 Å². The predicted octanol–water partition coefficient (Wildman–Crippen LogP) is 5.38. The third kappa shape index (κ3) is 4.92. The molecule has 0 saturated heterocycles. The van der Waals surface area contributed by atoms with Crippen molar-refractivity contribution in [3.05, 3.63) is 112 Å². The molecule has 37 heavy (non-hydrogen) atoms. The molecule has 3 heterocycles. The Balaban J connectivity index is 1.63. The van der Waals surface area contributed by atoms with E-state index in [-0.39, 0.29) is 12.5 Å². The minimum absolute atomic E-state index is 0.106. The highest BCUT2D eigenvalue weighted by Crippen LogP contribution is 2.31. The second-order valence-electron chi connectivity index (χ2n) is 8.70. The molecule has 0 atom stereocenters. The highest BCUT2D eigenvalue weighted by Gasteiger charge is 2.25. The van der Waals surface area contributed by atoms with Crippen LogP contribution in [0.4, 0.5) is 0 Å². The summed E-state index contributed by atoms with van der Waals surface area (Å²) in [5.74, 6) is 0.317. The maximum absolute atomic E-state index is 14.0. The van der Waals surface area contributed by atoms with Gasteiger partial charge in [0, 0.05) is 28.4 Å². The van der Waals surface area contributed by atoms with E-state index >= 15 is 0 Å². The maximum atomic E-state index is 14.0. The zero-order valence-corrected chi connectivity index (χ0v) is 21.5. The number of allylic oxidation sites excluding steroid dienone is 1. The van der Waals surface area contributed by atoms with Crippen LogP contribution in [0.1, 0.15) is 38.6 Å². The molecule has 0 bridgehead atoms. The summed E-state index contributed by atoms with van der Waals surface area (Å²) in [5, 5.41) is 0.886. The summed E-state index contributed by atoms with van der Waals surface area (Å²) in [6.45, 7) is 3.92. The molecule has 8 nitrogen and oxygen atoms in total. The smallest absolute Gasteiger partial charge is 0.327 e. The summed E-state index contributed by atoms with van der Waals surface area (Å²) in [5.41, 5.74) is 6.63. The molecule has 1 aliphatic heterocycles. The number of H-pyrrole nitrogens is 1. The Hall–Kier alpha value is -3.81. The van der Waals surface area contributed by atoms with Crippen molar-refractivity contribution in [1.82, 2.24) is 9.55 Å². The van der Waals surface area contributed by atoms with Gasteiger partial charge in [-0.05, 0) is 55.3 Å². The van der Waals surface area contributed by atoms with Crippen molar-refractivity contribution in [3.63, 3.8) is 0 Å². The molecule has 5 rings (SSSR count). The number of nitrogens with zero attached hydrogens (tertiary/aromatic N) is 2. The SMILES string of the molecule is COC1=CC(c2cc3ccccc3n2C(=O)c2ccccc2COP(O)O)=N/C1=C/c1[nH]c(C)cc1C. The number of hydrogen-bond acceptors (Lipinski definition) is 6. The molecule has 2 aromatic heterocycles. The van der Waals surface area contributed by atoms with Gasteiger partial charge in [-0.15, -0.1) is 0 Å². The van der Waals surface area contributed by atoms with Crippen LogP contribution in [-0.4, -0.2) is 38.1 Å². The molecule has 4 aromatic rings. The Morgan fingerprint density at radius 3 is 2.59 bits per heavy atom. The van der Waals surface area contributed by atoms with Crippen molar-refractivity contribution in [2.45, 2.75) is 20.5 Å². The number of hydrogen-bond donors (Lipinski definition) is 3. The summed E-state index contributed by atoms with van der Waals surface area (Å²) < 4.78 is 12.3. The van der Waals surface area contributed by atoms with Crippen molar-refractivity contribution in [2.75, 3.05) is 7.11 Å². The van der Waals surface area contributed by atoms with Crippen LogP contribution in [0.2, 0.25) is 0 Å². The number of benzene rings is 2. The molecule has 2 aromatic carbocycles. The van der Waals surface area contributed by atoms with Crippen LogP contribution in [0.25, 0.3) is 17.0 Å². The van der Waals surface area contributed by atoms with Gasteiger partial charge in [0.05, 0.1) is 30.6 Å². The van der Waals surface area contributed by atoms with E-state index < -0.39 is 8.60 Å². The Labute approximate surface area is 215 Å². The summed E-state index contributed by atoms with van der Waals surface area (Å²) in [6.07, 6.45) is 3.77. The molecule has 0 unspecified atom stereocenters. The Kier molecular flexibility index (Phi) is 6.91. The Morgan fingerprint density at radius 2 is 1.86 bits per heavy atom. The second kappa shape index (κ2) is 10.3. The minimum Gasteiger partial charge on any atom is -0.494 e. The van der Waals surface area contributed by atoms with Gasteiger partial charge < -0.3 is 24.0 Å². The van der Waals surface area contributed by atoms with E-state index in [9.17, 15) is 14.6 Å². The van der Waals surface area contributed by atoms with E-state index in [1.165, 1.54) is 0 Å². The lowest BCUT2D eigenvalue weighted by Gasteiger charge is -2.13. The van der Waals surface area contributed by atoms with Crippen molar-refractivity contribution < 1.29 is 23.8 Å². The van der Waals surface area contributed by atoms with Gasteiger partial charge in [0.15, 0.2) is 0 Å². The zero-order valence-electron chi connectivity index (χ0n) is 20.6.